The Hall–Kier alpha value is -1.72. The number of ether oxygens (including phenoxy) is 1. The molecule has 116 valence electrons. The van der Waals surface area contributed by atoms with Gasteiger partial charge in [-0.3, -0.25) is 4.79 Å². The lowest BCUT2D eigenvalue weighted by atomic mass is 10.1. The van der Waals surface area contributed by atoms with Crippen molar-refractivity contribution in [2.24, 2.45) is 5.92 Å². The minimum Gasteiger partial charge on any atom is -0.484 e. The zero-order chi connectivity index (χ0) is 15.5. The molecule has 1 fully saturated rings. The first-order valence-corrected chi connectivity index (χ1v) is 6.91. The SMILES string of the molecule is C[C@@H](NC(=O)Cc1cccc(OCC(F)(F)F)c1)C1CC1. The van der Waals surface area contributed by atoms with Crippen molar-refractivity contribution in [3.8, 4) is 5.75 Å². The number of alkyl halides is 3. The van der Waals surface area contributed by atoms with Gasteiger partial charge in [-0.25, -0.2) is 0 Å². The van der Waals surface area contributed by atoms with E-state index >= 15 is 0 Å². The lowest BCUT2D eigenvalue weighted by Crippen LogP contribution is -2.35. The Morgan fingerprint density at radius 1 is 1.43 bits per heavy atom. The zero-order valence-corrected chi connectivity index (χ0v) is 11.7. The summed E-state index contributed by atoms with van der Waals surface area (Å²) in [4.78, 5) is 11.9. The van der Waals surface area contributed by atoms with Gasteiger partial charge < -0.3 is 10.1 Å². The normalized spacial score (nSPS) is 16.4. The van der Waals surface area contributed by atoms with Crippen LogP contribution in [0, 0.1) is 5.92 Å². The molecule has 1 aliphatic carbocycles. The summed E-state index contributed by atoms with van der Waals surface area (Å²) in [5.41, 5.74) is 0.634. The minimum atomic E-state index is -4.37. The second-order valence-corrected chi connectivity index (χ2v) is 5.42. The molecule has 0 heterocycles. The van der Waals surface area contributed by atoms with Crippen LogP contribution < -0.4 is 10.1 Å². The number of nitrogens with one attached hydrogen (secondary N) is 1. The Morgan fingerprint density at radius 2 is 2.14 bits per heavy atom. The molecule has 21 heavy (non-hydrogen) atoms. The van der Waals surface area contributed by atoms with Gasteiger partial charge in [0.2, 0.25) is 5.91 Å². The third-order valence-corrected chi connectivity index (χ3v) is 3.38. The van der Waals surface area contributed by atoms with Crippen LogP contribution in [0.1, 0.15) is 25.3 Å². The summed E-state index contributed by atoms with van der Waals surface area (Å²) in [6.45, 7) is 0.639. The highest BCUT2D eigenvalue weighted by molar-refractivity contribution is 5.79. The third-order valence-electron chi connectivity index (χ3n) is 3.38. The molecule has 1 saturated carbocycles. The summed E-state index contributed by atoms with van der Waals surface area (Å²) in [6.07, 6.45) is -1.95. The summed E-state index contributed by atoms with van der Waals surface area (Å²) in [7, 11) is 0. The van der Waals surface area contributed by atoms with Gasteiger partial charge in [0.1, 0.15) is 5.75 Å². The van der Waals surface area contributed by atoms with E-state index < -0.39 is 12.8 Å². The quantitative estimate of drug-likeness (QED) is 0.877. The molecular weight excluding hydrogens is 283 g/mol. The van der Waals surface area contributed by atoms with E-state index in [0.29, 0.717) is 11.5 Å². The van der Waals surface area contributed by atoms with Crippen LogP contribution in [-0.2, 0) is 11.2 Å². The molecule has 1 aromatic rings. The van der Waals surface area contributed by atoms with Gasteiger partial charge in [0, 0.05) is 6.04 Å². The van der Waals surface area contributed by atoms with Crippen LogP contribution in [-0.4, -0.2) is 24.7 Å². The van der Waals surface area contributed by atoms with E-state index in [9.17, 15) is 18.0 Å². The highest BCUT2D eigenvalue weighted by atomic mass is 19.4. The fourth-order valence-corrected chi connectivity index (χ4v) is 2.11. The van der Waals surface area contributed by atoms with E-state index in [4.69, 9.17) is 0 Å². The van der Waals surface area contributed by atoms with E-state index in [-0.39, 0.29) is 24.1 Å². The Morgan fingerprint density at radius 3 is 2.76 bits per heavy atom. The Kier molecular flexibility index (Phi) is 4.75. The van der Waals surface area contributed by atoms with Crippen molar-refractivity contribution >= 4 is 5.91 Å². The van der Waals surface area contributed by atoms with Crippen molar-refractivity contribution in [2.75, 3.05) is 6.61 Å². The molecule has 1 amide bonds. The maximum atomic E-state index is 12.1. The van der Waals surface area contributed by atoms with E-state index in [2.05, 4.69) is 10.1 Å². The van der Waals surface area contributed by atoms with Gasteiger partial charge in [-0.1, -0.05) is 12.1 Å². The van der Waals surface area contributed by atoms with Crippen LogP contribution in [0.25, 0.3) is 0 Å². The summed E-state index contributed by atoms with van der Waals surface area (Å²) >= 11 is 0. The monoisotopic (exact) mass is 301 g/mol. The highest BCUT2D eigenvalue weighted by Gasteiger charge is 2.29. The average molecular weight is 301 g/mol. The number of amides is 1. The van der Waals surface area contributed by atoms with E-state index in [1.165, 1.54) is 12.1 Å². The van der Waals surface area contributed by atoms with Crippen LogP contribution in [0.2, 0.25) is 0 Å². The van der Waals surface area contributed by atoms with Gasteiger partial charge >= 0.3 is 6.18 Å². The van der Waals surface area contributed by atoms with Crippen molar-refractivity contribution < 1.29 is 22.7 Å². The number of rotatable bonds is 6. The minimum absolute atomic E-state index is 0.118. The summed E-state index contributed by atoms with van der Waals surface area (Å²) in [5, 5.41) is 2.91. The van der Waals surface area contributed by atoms with E-state index in [0.717, 1.165) is 12.8 Å². The third kappa shape index (κ3) is 5.65. The van der Waals surface area contributed by atoms with Crippen LogP contribution in [0.4, 0.5) is 13.2 Å². The number of hydrogen-bond donors (Lipinski definition) is 1. The van der Waals surface area contributed by atoms with Crippen molar-refractivity contribution in [1.82, 2.24) is 5.32 Å². The van der Waals surface area contributed by atoms with Gasteiger partial charge in [0.25, 0.3) is 0 Å². The van der Waals surface area contributed by atoms with Crippen molar-refractivity contribution in [2.45, 2.75) is 38.4 Å². The van der Waals surface area contributed by atoms with Gasteiger partial charge in [0.15, 0.2) is 6.61 Å². The fraction of sp³-hybridized carbons (Fsp3) is 0.533. The lowest BCUT2D eigenvalue weighted by molar-refractivity contribution is -0.153. The van der Waals surface area contributed by atoms with Gasteiger partial charge in [-0.15, -0.1) is 0 Å². The molecule has 0 aromatic heterocycles. The average Bonchev–Trinajstić information content (AvgIpc) is 3.20. The van der Waals surface area contributed by atoms with E-state index in [1.54, 1.807) is 12.1 Å². The van der Waals surface area contributed by atoms with Crippen molar-refractivity contribution in [3.05, 3.63) is 29.8 Å². The Labute approximate surface area is 121 Å². The number of hydrogen-bond acceptors (Lipinski definition) is 2. The number of halogens is 3. The van der Waals surface area contributed by atoms with E-state index in [1.807, 2.05) is 6.92 Å². The highest BCUT2D eigenvalue weighted by Crippen LogP contribution is 2.32. The second-order valence-electron chi connectivity index (χ2n) is 5.42. The molecular formula is C15H18F3NO2. The molecule has 0 bridgehead atoms. The Balaban J connectivity index is 1.86. The van der Waals surface area contributed by atoms with Crippen LogP contribution >= 0.6 is 0 Å². The molecule has 1 aliphatic rings. The molecule has 0 radical (unpaired) electrons. The lowest BCUT2D eigenvalue weighted by Gasteiger charge is -2.13. The summed E-state index contributed by atoms with van der Waals surface area (Å²) < 4.78 is 40.9. The van der Waals surface area contributed by atoms with Crippen LogP contribution in [0.5, 0.6) is 5.75 Å². The molecule has 2 rings (SSSR count). The first-order chi connectivity index (χ1) is 9.83. The van der Waals surface area contributed by atoms with Crippen molar-refractivity contribution in [3.63, 3.8) is 0 Å². The summed E-state index contributed by atoms with van der Waals surface area (Å²) in [5.74, 6) is 0.561. The first kappa shape index (κ1) is 15.7. The topological polar surface area (TPSA) is 38.3 Å². The molecule has 0 unspecified atom stereocenters. The largest absolute Gasteiger partial charge is 0.484 e. The number of carbonyl (C=O) groups excluding carboxylic acids is 1. The predicted octanol–water partition coefficient (Wildman–Crippen LogP) is 3.08. The first-order valence-electron chi connectivity index (χ1n) is 6.91. The van der Waals surface area contributed by atoms with Crippen LogP contribution in [0.3, 0.4) is 0 Å². The number of benzene rings is 1. The molecule has 1 aromatic carbocycles. The Bertz CT molecular complexity index is 498. The molecule has 3 nitrogen and oxygen atoms in total. The molecule has 1 N–H and O–H groups in total. The molecule has 0 spiro atoms. The maximum Gasteiger partial charge on any atom is 0.422 e. The second kappa shape index (κ2) is 6.37. The zero-order valence-electron chi connectivity index (χ0n) is 11.7. The van der Waals surface area contributed by atoms with Crippen molar-refractivity contribution in [1.29, 1.82) is 0 Å². The van der Waals surface area contributed by atoms with Gasteiger partial charge in [-0.2, -0.15) is 13.2 Å². The predicted molar refractivity (Wildman–Crippen MR) is 72.0 cm³/mol. The van der Waals surface area contributed by atoms with Gasteiger partial charge in [-0.05, 0) is 43.4 Å². The standard InChI is InChI=1S/C15H18F3NO2/c1-10(12-5-6-12)19-14(20)8-11-3-2-4-13(7-11)21-9-15(16,17)18/h2-4,7,10,12H,5-6,8-9H2,1H3,(H,19,20)/t10-/m1/s1. The molecule has 6 heteroatoms. The molecule has 1 atom stereocenters. The molecule has 0 aliphatic heterocycles. The fourth-order valence-electron chi connectivity index (χ4n) is 2.11. The molecule has 0 saturated heterocycles. The number of carbonyl (C=O) groups is 1. The maximum absolute atomic E-state index is 12.1. The van der Waals surface area contributed by atoms with Crippen LogP contribution in [0.15, 0.2) is 24.3 Å². The summed E-state index contributed by atoms with van der Waals surface area (Å²) in [6, 6.07) is 6.34. The van der Waals surface area contributed by atoms with Gasteiger partial charge in [0.05, 0.1) is 6.42 Å². The smallest absolute Gasteiger partial charge is 0.422 e.